The van der Waals surface area contributed by atoms with E-state index in [-0.39, 0.29) is 12.8 Å². The Balaban J connectivity index is 0. The van der Waals surface area contributed by atoms with Gasteiger partial charge in [0.2, 0.25) is 0 Å². The third-order valence-corrected chi connectivity index (χ3v) is 1.78. The number of carboxylic acids is 1. The SMILES string of the molecule is CCCCCCl.COC(=O)CCC(=O)O. The lowest BCUT2D eigenvalue weighted by Gasteiger charge is -1.92. The molecule has 5 heteroatoms. The molecule has 0 radical (unpaired) electrons. The molecule has 0 fully saturated rings. The third kappa shape index (κ3) is 19.6. The van der Waals surface area contributed by atoms with Crippen LogP contribution in [0, 0.1) is 0 Å². The van der Waals surface area contributed by atoms with E-state index >= 15 is 0 Å². The van der Waals surface area contributed by atoms with Crippen LogP contribution in [-0.2, 0) is 14.3 Å². The number of hydrogen-bond donors (Lipinski definition) is 1. The number of hydrogen-bond acceptors (Lipinski definition) is 3. The molecule has 0 aliphatic heterocycles. The fourth-order valence-corrected chi connectivity index (χ4v) is 0.845. The second-order valence-electron chi connectivity index (χ2n) is 2.87. The Morgan fingerprint density at radius 2 is 1.87 bits per heavy atom. The molecular formula is C10H19ClO4. The van der Waals surface area contributed by atoms with E-state index in [4.69, 9.17) is 16.7 Å². The van der Waals surface area contributed by atoms with Gasteiger partial charge in [-0.3, -0.25) is 9.59 Å². The van der Waals surface area contributed by atoms with Gasteiger partial charge in [-0.05, 0) is 6.42 Å². The van der Waals surface area contributed by atoms with Gasteiger partial charge >= 0.3 is 11.9 Å². The second-order valence-corrected chi connectivity index (χ2v) is 3.24. The van der Waals surface area contributed by atoms with Gasteiger partial charge in [-0.1, -0.05) is 19.8 Å². The van der Waals surface area contributed by atoms with E-state index in [1.807, 2.05) is 0 Å². The van der Waals surface area contributed by atoms with Crippen LogP contribution in [0.1, 0.15) is 39.0 Å². The number of rotatable bonds is 6. The van der Waals surface area contributed by atoms with Crippen molar-refractivity contribution in [1.82, 2.24) is 0 Å². The highest BCUT2D eigenvalue weighted by Gasteiger charge is 2.02. The number of methoxy groups -OCH3 is 1. The van der Waals surface area contributed by atoms with E-state index in [0.29, 0.717) is 0 Å². The molecule has 0 heterocycles. The predicted molar refractivity (Wildman–Crippen MR) is 59.1 cm³/mol. The van der Waals surface area contributed by atoms with Crippen LogP contribution in [0.4, 0.5) is 0 Å². The third-order valence-electron chi connectivity index (χ3n) is 1.51. The van der Waals surface area contributed by atoms with Gasteiger partial charge in [0.1, 0.15) is 0 Å². The summed E-state index contributed by atoms with van der Waals surface area (Å²) < 4.78 is 4.20. The molecule has 0 atom stereocenters. The Morgan fingerprint density at radius 3 is 2.13 bits per heavy atom. The number of carboxylic acid groups (broad SMARTS) is 1. The number of halogens is 1. The van der Waals surface area contributed by atoms with Crippen LogP contribution >= 0.6 is 11.6 Å². The van der Waals surface area contributed by atoms with Crippen LogP contribution in [-0.4, -0.2) is 30.0 Å². The summed E-state index contributed by atoms with van der Waals surface area (Å²) in [5.41, 5.74) is 0. The van der Waals surface area contributed by atoms with E-state index in [1.54, 1.807) is 0 Å². The molecular weight excluding hydrogens is 220 g/mol. The van der Waals surface area contributed by atoms with Crippen LogP contribution in [0.15, 0.2) is 0 Å². The molecule has 0 spiro atoms. The number of carbonyl (C=O) groups is 2. The van der Waals surface area contributed by atoms with Gasteiger partial charge in [0.05, 0.1) is 20.0 Å². The largest absolute Gasteiger partial charge is 0.481 e. The molecule has 0 rings (SSSR count). The van der Waals surface area contributed by atoms with Gasteiger partial charge in [-0.15, -0.1) is 11.6 Å². The standard InChI is InChI=1S/C5H11Cl.C5H8O4/c1-2-3-4-5-6;1-9-5(8)3-2-4(6)7/h2-5H2,1H3;2-3H2,1H3,(H,6,7). The lowest BCUT2D eigenvalue weighted by Crippen LogP contribution is -2.04. The number of esters is 1. The fraction of sp³-hybridized carbons (Fsp3) is 0.800. The number of aliphatic carboxylic acids is 1. The Hall–Kier alpha value is -0.770. The monoisotopic (exact) mass is 238 g/mol. The molecule has 0 aliphatic carbocycles. The van der Waals surface area contributed by atoms with E-state index in [1.165, 1.54) is 26.4 Å². The van der Waals surface area contributed by atoms with Gasteiger partial charge in [-0.25, -0.2) is 0 Å². The molecule has 0 bridgehead atoms. The van der Waals surface area contributed by atoms with E-state index in [9.17, 15) is 9.59 Å². The Morgan fingerprint density at radius 1 is 1.27 bits per heavy atom. The molecule has 4 nitrogen and oxygen atoms in total. The minimum absolute atomic E-state index is 0.0498. The predicted octanol–water partition coefficient (Wildman–Crippen LogP) is 2.44. The van der Waals surface area contributed by atoms with Crippen molar-refractivity contribution in [3.05, 3.63) is 0 Å². The fourth-order valence-electron chi connectivity index (χ4n) is 0.656. The summed E-state index contributed by atoms with van der Waals surface area (Å²) >= 11 is 5.38. The van der Waals surface area contributed by atoms with Crippen molar-refractivity contribution in [1.29, 1.82) is 0 Å². The van der Waals surface area contributed by atoms with Gasteiger partial charge < -0.3 is 9.84 Å². The lowest BCUT2D eigenvalue weighted by molar-refractivity contribution is -0.145. The maximum atomic E-state index is 10.2. The zero-order chi connectivity index (χ0) is 12.1. The quantitative estimate of drug-likeness (QED) is 0.439. The van der Waals surface area contributed by atoms with Crippen molar-refractivity contribution in [2.24, 2.45) is 0 Å². The summed E-state index contributed by atoms with van der Waals surface area (Å²) in [6.07, 6.45) is 3.52. The Labute approximate surface area is 95.6 Å². The molecule has 0 aliphatic rings. The first-order valence-electron chi connectivity index (χ1n) is 4.93. The number of ether oxygens (including phenoxy) is 1. The summed E-state index contributed by atoms with van der Waals surface area (Å²) in [4.78, 5) is 20.0. The van der Waals surface area contributed by atoms with Gasteiger partial charge in [0.25, 0.3) is 0 Å². The zero-order valence-electron chi connectivity index (χ0n) is 9.29. The minimum atomic E-state index is -0.986. The number of carbonyl (C=O) groups excluding carboxylic acids is 1. The van der Waals surface area contributed by atoms with Crippen molar-refractivity contribution in [2.45, 2.75) is 39.0 Å². The summed E-state index contributed by atoms with van der Waals surface area (Å²) in [6, 6.07) is 0. The van der Waals surface area contributed by atoms with Crippen molar-refractivity contribution in [3.8, 4) is 0 Å². The zero-order valence-corrected chi connectivity index (χ0v) is 10.0. The number of alkyl halides is 1. The second kappa shape index (κ2) is 13.2. The molecule has 90 valence electrons. The first-order valence-corrected chi connectivity index (χ1v) is 5.46. The topological polar surface area (TPSA) is 63.6 Å². The smallest absolute Gasteiger partial charge is 0.306 e. The average Bonchev–Trinajstić information content (AvgIpc) is 2.23. The Kier molecular flexibility index (Phi) is 14.7. The van der Waals surface area contributed by atoms with Gasteiger partial charge in [0.15, 0.2) is 0 Å². The minimum Gasteiger partial charge on any atom is -0.481 e. The first-order chi connectivity index (χ1) is 7.08. The molecule has 0 saturated heterocycles. The molecule has 0 saturated carbocycles. The Bertz CT molecular complexity index is 167. The average molecular weight is 239 g/mol. The molecule has 0 unspecified atom stereocenters. The molecule has 0 aromatic rings. The van der Waals surface area contributed by atoms with Crippen molar-refractivity contribution in [3.63, 3.8) is 0 Å². The van der Waals surface area contributed by atoms with Crippen molar-refractivity contribution >= 4 is 23.5 Å². The van der Waals surface area contributed by atoms with E-state index in [0.717, 1.165) is 5.88 Å². The number of unbranched alkanes of at least 4 members (excludes halogenated alkanes) is 2. The van der Waals surface area contributed by atoms with Crippen LogP contribution in [0.5, 0.6) is 0 Å². The first kappa shape index (κ1) is 16.7. The molecule has 1 N–H and O–H groups in total. The normalized spacial score (nSPS) is 8.73. The van der Waals surface area contributed by atoms with Crippen LogP contribution in [0.3, 0.4) is 0 Å². The van der Waals surface area contributed by atoms with Crippen LogP contribution < -0.4 is 0 Å². The highest BCUT2D eigenvalue weighted by Crippen LogP contribution is 1.93. The highest BCUT2D eigenvalue weighted by molar-refractivity contribution is 6.17. The van der Waals surface area contributed by atoms with Crippen molar-refractivity contribution < 1.29 is 19.4 Å². The maximum Gasteiger partial charge on any atom is 0.306 e. The summed E-state index contributed by atoms with van der Waals surface area (Å²) in [5.74, 6) is -0.647. The van der Waals surface area contributed by atoms with E-state index < -0.39 is 11.9 Å². The van der Waals surface area contributed by atoms with Gasteiger partial charge in [-0.2, -0.15) is 0 Å². The molecule has 15 heavy (non-hydrogen) atoms. The maximum absolute atomic E-state index is 10.2. The molecule has 0 aromatic heterocycles. The highest BCUT2D eigenvalue weighted by atomic mass is 35.5. The van der Waals surface area contributed by atoms with Gasteiger partial charge in [0, 0.05) is 5.88 Å². The van der Waals surface area contributed by atoms with Crippen LogP contribution in [0.25, 0.3) is 0 Å². The summed E-state index contributed by atoms with van der Waals surface area (Å²) in [5, 5.41) is 8.05. The summed E-state index contributed by atoms with van der Waals surface area (Å²) in [7, 11) is 1.23. The molecule has 0 amide bonds. The summed E-state index contributed by atoms with van der Waals surface area (Å²) in [6.45, 7) is 2.17. The van der Waals surface area contributed by atoms with Crippen LogP contribution in [0.2, 0.25) is 0 Å². The van der Waals surface area contributed by atoms with E-state index in [2.05, 4.69) is 11.7 Å². The molecule has 0 aromatic carbocycles. The lowest BCUT2D eigenvalue weighted by atomic mass is 10.3. The van der Waals surface area contributed by atoms with Crippen molar-refractivity contribution in [2.75, 3.05) is 13.0 Å².